The molecule has 0 aliphatic rings. The average Bonchev–Trinajstić information content (AvgIpc) is 2.42. The Balaban J connectivity index is 2.83. The van der Waals surface area contributed by atoms with E-state index in [1.54, 1.807) is 12.3 Å². The second kappa shape index (κ2) is 3.13. The third-order valence-electron chi connectivity index (χ3n) is 2.08. The van der Waals surface area contributed by atoms with Gasteiger partial charge in [-0.2, -0.15) is 0 Å². The van der Waals surface area contributed by atoms with Crippen molar-refractivity contribution < 1.29 is 0 Å². The van der Waals surface area contributed by atoms with E-state index in [0.29, 0.717) is 16.5 Å². The first kappa shape index (κ1) is 9.27. The van der Waals surface area contributed by atoms with E-state index in [0.717, 1.165) is 5.65 Å². The molecule has 0 saturated carbocycles. The predicted octanol–water partition coefficient (Wildman–Crippen LogP) is 2.25. The molecule has 2 N–H and O–H groups in total. The predicted molar refractivity (Wildman–Crippen MR) is 57.3 cm³/mol. The fourth-order valence-electron chi connectivity index (χ4n) is 1.44. The zero-order valence-electron chi connectivity index (χ0n) is 8.03. The summed E-state index contributed by atoms with van der Waals surface area (Å²) in [6, 6.07) is 1.94. The summed E-state index contributed by atoms with van der Waals surface area (Å²) in [5.41, 5.74) is 7.78. The van der Waals surface area contributed by atoms with Gasteiger partial charge in [0, 0.05) is 12.2 Å². The highest BCUT2D eigenvalue weighted by Gasteiger charge is 2.13. The maximum atomic E-state index is 5.99. The molecule has 0 amide bonds. The Morgan fingerprint density at radius 3 is 2.86 bits per heavy atom. The van der Waals surface area contributed by atoms with Crippen LogP contribution in [-0.2, 0) is 0 Å². The number of imidazole rings is 1. The Labute approximate surface area is 86.7 Å². The Morgan fingerprint density at radius 2 is 2.21 bits per heavy atom. The summed E-state index contributed by atoms with van der Waals surface area (Å²) >= 11 is 5.99. The fraction of sp³-hybridized carbons (Fsp3) is 0.333. The zero-order chi connectivity index (χ0) is 10.3. The van der Waals surface area contributed by atoms with Crippen LogP contribution in [0.1, 0.15) is 19.9 Å². The van der Waals surface area contributed by atoms with Crippen LogP contribution >= 0.6 is 11.6 Å². The SMILES string of the molecule is CC(C)n1c(Cl)nc2c(N)ccnc21. The summed E-state index contributed by atoms with van der Waals surface area (Å²) in [5.74, 6) is 0. The van der Waals surface area contributed by atoms with Crippen LogP contribution in [0.25, 0.3) is 11.2 Å². The van der Waals surface area contributed by atoms with Crippen LogP contribution in [0.2, 0.25) is 5.28 Å². The van der Waals surface area contributed by atoms with Crippen molar-refractivity contribution in [3.8, 4) is 0 Å². The monoisotopic (exact) mass is 210 g/mol. The van der Waals surface area contributed by atoms with Gasteiger partial charge in [0.25, 0.3) is 0 Å². The molecule has 2 rings (SSSR count). The first-order chi connectivity index (χ1) is 6.61. The molecule has 0 saturated heterocycles. The molecular formula is C9H11ClN4. The number of hydrogen-bond donors (Lipinski definition) is 1. The Kier molecular flexibility index (Phi) is 2.07. The molecular weight excluding hydrogens is 200 g/mol. The highest BCUT2D eigenvalue weighted by molar-refractivity contribution is 6.29. The average molecular weight is 211 g/mol. The summed E-state index contributed by atoms with van der Waals surface area (Å²) in [6.07, 6.45) is 1.66. The van der Waals surface area contributed by atoms with Gasteiger partial charge in [-0.3, -0.25) is 4.57 Å². The molecule has 0 unspecified atom stereocenters. The van der Waals surface area contributed by atoms with Crippen LogP contribution in [0.15, 0.2) is 12.3 Å². The number of pyridine rings is 1. The van der Waals surface area contributed by atoms with Crippen LogP contribution in [0.3, 0.4) is 0 Å². The molecule has 0 fully saturated rings. The summed E-state index contributed by atoms with van der Waals surface area (Å²) < 4.78 is 1.85. The Bertz CT molecular complexity index is 475. The van der Waals surface area contributed by atoms with Crippen LogP contribution in [0.5, 0.6) is 0 Å². The normalized spacial score (nSPS) is 11.4. The number of anilines is 1. The van der Waals surface area contributed by atoms with E-state index in [4.69, 9.17) is 17.3 Å². The van der Waals surface area contributed by atoms with Gasteiger partial charge in [-0.05, 0) is 31.5 Å². The second-order valence-corrected chi connectivity index (χ2v) is 3.76. The lowest BCUT2D eigenvalue weighted by atomic mass is 10.3. The molecule has 0 spiro atoms. The van der Waals surface area contributed by atoms with E-state index in [2.05, 4.69) is 9.97 Å². The molecule has 2 heterocycles. The first-order valence-corrected chi connectivity index (χ1v) is 4.77. The molecule has 0 aromatic carbocycles. The van der Waals surface area contributed by atoms with Gasteiger partial charge < -0.3 is 5.73 Å². The Morgan fingerprint density at radius 1 is 1.50 bits per heavy atom. The Hall–Kier alpha value is -1.29. The van der Waals surface area contributed by atoms with E-state index >= 15 is 0 Å². The van der Waals surface area contributed by atoms with Crippen LogP contribution < -0.4 is 5.73 Å². The maximum absolute atomic E-state index is 5.99. The lowest BCUT2D eigenvalue weighted by molar-refractivity contribution is 0.614. The van der Waals surface area contributed by atoms with Gasteiger partial charge in [0.2, 0.25) is 5.28 Å². The summed E-state index contributed by atoms with van der Waals surface area (Å²) in [7, 11) is 0. The number of aromatic nitrogens is 3. The summed E-state index contributed by atoms with van der Waals surface area (Å²) in [6.45, 7) is 4.05. The minimum Gasteiger partial charge on any atom is -0.397 e. The standard InChI is InChI=1S/C9H11ClN4/c1-5(2)14-8-7(13-9(14)10)6(11)3-4-12-8/h3-5H,1-2H3,(H2,11,12). The molecule has 14 heavy (non-hydrogen) atoms. The number of halogens is 1. The minimum absolute atomic E-state index is 0.224. The highest BCUT2D eigenvalue weighted by atomic mass is 35.5. The van der Waals surface area contributed by atoms with Gasteiger partial charge in [-0.1, -0.05) is 0 Å². The number of nitrogen functional groups attached to an aromatic ring is 1. The third kappa shape index (κ3) is 1.23. The molecule has 0 aliphatic heterocycles. The molecule has 4 nitrogen and oxygen atoms in total. The summed E-state index contributed by atoms with van der Waals surface area (Å²) in [4.78, 5) is 8.39. The molecule has 2 aromatic heterocycles. The summed E-state index contributed by atoms with van der Waals surface area (Å²) in [5, 5.41) is 0.431. The van der Waals surface area contributed by atoms with Gasteiger partial charge in [0.05, 0.1) is 5.69 Å². The quantitative estimate of drug-likeness (QED) is 0.786. The van der Waals surface area contributed by atoms with E-state index in [9.17, 15) is 0 Å². The molecule has 0 atom stereocenters. The van der Waals surface area contributed by atoms with E-state index in [1.807, 2.05) is 18.4 Å². The molecule has 5 heteroatoms. The molecule has 74 valence electrons. The lowest BCUT2D eigenvalue weighted by Gasteiger charge is -2.08. The molecule has 0 bridgehead atoms. The van der Waals surface area contributed by atoms with Crippen molar-refractivity contribution in [2.45, 2.75) is 19.9 Å². The number of fused-ring (bicyclic) bond motifs is 1. The topological polar surface area (TPSA) is 56.7 Å². The van der Waals surface area contributed by atoms with Gasteiger partial charge in [-0.15, -0.1) is 0 Å². The van der Waals surface area contributed by atoms with Crippen LogP contribution in [0.4, 0.5) is 5.69 Å². The van der Waals surface area contributed by atoms with Crippen LogP contribution in [-0.4, -0.2) is 14.5 Å². The number of nitrogens with two attached hydrogens (primary N) is 1. The second-order valence-electron chi connectivity index (χ2n) is 3.42. The van der Waals surface area contributed by atoms with Gasteiger partial charge in [0.1, 0.15) is 5.52 Å². The molecule has 0 radical (unpaired) electrons. The first-order valence-electron chi connectivity index (χ1n) is 4.39. The lowest BCUT2D eigenvalue weighted by Crippen LogP contribution is -2.01. The van der Waals surface area contributed by atoms with Crippen molar-refractivity contribution in [3.63, 3.8) is 0 Å². The maximum Gasteiger partial charge on any atom is 0.205 e. The van der Waals surface area contributed by atoms with Crippen molar-refractivity contribution >= 4 is 28.5 Å². The van der Waals surface area contributed by atoms with E-state index in [1.165, 1.54) is 0 Å². The zero-order valence-corrected chi connectivity index (χ0v) is 8.78. The van der Waals surface area contributed by atoms with Crippen molar-refractivity contribution in [2.75, 3.05) is 5.73 Å². The third-order valence-corrected chi connectivity index (χ3v) is 2.35. The van der Waals surface area contributed by atoms with Crippen molar-refractivity contribution in [1.82, 2.24) is 14.5 Å². The minimum atomic E-state index is 0.224. The number of nitrogens with zero attached hydrogens (tertiary/aromatic N) is 3. The largest absolute Gasteiger partial charge is 0.397 e. The van der Waals surface area contributed by atoms with Crippen molar-refractivity contribution in [2.24, 2.45) is 0 Å². The van der Waals surface area contributed by atoms with E-state index < -0.39 is 0 Å². The van der Waals surface area contributed by atoms with Gasteiger partial charge in [-0.25, -0.2) is 9.97 Å². The van der Waals surface area contributed by atoms with E-state index in [-0.39, 0.29) is 6.04 Å². The smallest absolute Gasteiger partial charge is 0.205 e. The van der Waals surface area contributed by atoms with Crippen LogP contribution in [0, 0.1) is 0 Å². The van der Waals surface area contributed by atoms with Gasteiger partial charge in [0.15, 0.2) is 5.65 Å². The number of rotatable bonds is 1. The number of hydrogen-bond acceptors (Lipinski definition) is 3. The fourth-order valence-corrected chi connectivity index (χ4v) is 1.80. The van der Waals surface area contributed by atoms with Gasteiger partial charge >= 0.3 is 0 Å². The van der Waals surface area contributed by atoms with Crippen molar-refractivity contribution in [3.05, 3.63) is 17.5 Å². The molecule has 0 aliphatic carbocycles. The highest BCUT2D eigenvalue weighted by Crippen LogP contribution is 2.25. The molecule has 2 aromatic rings. The van der Waals surface area contributed by atoms with Crippen molar-refractivity contribution in [1.29, 1.82) is 0 Å².